The van der Waals surface area contributed by atoms with Crippen LogP contribution in [0.25, 0.3) is 0 Å². The molecule has 2 aromatic rings. The van der Waals surface area contributed by atoms with Crippen molar-refractivity contribution in [2.45, 2.75) is 19.8 Å². The minimum atomic E-state index is -0.431. The predicted molar refractivity (Wildman–Crippen MR) is 103 cm³/mol. The highest BCUT2D eigenvalue weighted by molar-refractivity contribution is 8.14. The number of benzene rings is 2. The molecule has 0 saturated carbocycles. The second kappa shape index (κ2) is 7.94. The fourth-order valence-electron chi connectivity index (χ4n) is 2.50. The van der Waals surface area contributed by atoms with E-state index in [9.17, 15) is 10.1 Å². The van der Waals surface area contributed by atoms with Crippen molar-refractivity contribution in [1.82, 2.24) is 5.43 Å². The van der Waals surface area contributed by atoms with Crippen molar-refractivity contribution in [2.75, 3.05) is 5.75 Å². The summed E-state index contributed by atoms with van der Waals surface area (Å²) >= 11 is 1.48. The molecule has 0 aliphatic carbocycles. The molecule has 0 saturated heterocycles. The number of aliphatic imine (C=N–C) groups is 1. The maximum absolute atomic E-state index is 11.1. The lowest BCUT2D eigenvalue weighted by Crippen LogP contribution is -2.25. The van der Waals surface area contributed by atoms with E-state index in [1.54, 1.807) is 18.2 Å². The number of amidine groups is 1. The molecule has 0 atom stereocenters. The van der Waals surface area contributed by atoms with Crippen molar-refractivity contribution in [1.29, 1.82) is 0 Å². The van der Waals surface area contributed by atoms with Gasteiger partial charge in [0, 0.05) is 11.8 Å². The van der Waals surface area contributed by atoms with E-state index in [0.717, 1.165) is 24.1 Å². The number of nitro benzene ring substituents is 1. The summed E-state index contributed by atoms with van der Waals surface area (Å²) in [5.41, 5.74) is 6.54. The Morgan fingerprint density at radius 2 is 2.00 bits per heavy atom. The molecule has 6 nitrogen and oxygen atoms in total. The molecule has 3 rings (SSSR count). The average Bonchev–Trinajstić information content (AvgIpc) is 2.64. The van der Waals surface area contributed by atoms with Gasteiger partial charge >= 0.3 is 0 Å². The molecule has 25 heavy (non-hydrogen) atoms. The molecule has 1 heterocycles. The van der Waals surface area contributed by atoms with Gasteiger partial charge in [-0.05, 0) is 23.6 Å². The van der Waals surface area contributed by atoms with Crippen LogP contribution in [0.3, 0.4) is 0 Å². The quantitative estimate of drug-likeness (QED) is 0.642. The minimum Gasteiger partial charge on any atom is -0.258 e. The van der Waals surface area contributed by atoms with Gasteiger partial charge in [0.25, 0.3) is 5.69 Å². The summed E-state index contributed by atoms with van der Waals surface area (Å²) in [7, 11) is 0. The van der Waals surface area contributed by atoms with E-state index in [-0.39, 0.29) is 5.69 Å². The first-order chi connectivity index (χ1) is 12.2. The SMILES string of the molecule is CCCc1ccc(C2=NNC(=Nc3ccccc3[N+](=O)[O-])SC2)cc1. The largest absolute Gasteiger partial charge is 0.294 e. The number of hydrazone groups is 1. The first-order valence-corrected chi connectivity index (χ1v) is 9.02. The normalized spacial score (nSPS) is 15.6. The number of rotatable bonds is 5. The molecular formula is C18H18N4O2S. The van der Waals surface area contributed by atoms with Crippen molar-refractivity contribution in [3.63, 3.8) is 0 Å². The fourth-order valence-corrected chi connectivity index (χ4v) is 3.27. The Labute approximate surface area is 150 Å². The van der Waals surface area contributed by atoms with Crippen molar-refractivity contribution >= 4 is 34.0 Å². The van der Waals surface area contributed by atoms with Crippen LogP contribution in [0.1, 0.15) is 24.5 Å². The number of hydrogen-bond donors (Lipinski definition) is 1. The summed E-state index contributed by atoms with van der Waals surface area (Å²) in [6.45, 7) is 2.16. The van der Waals surface area contributed by atoms with Gasteiger partial charge in [-0.3, -0.25) is 15.5 Å². The predicted octanol–water partition coefficient (Wildman–Crippen LogP) is 4.28. The van der Waals surface area contributed by atoms with Gasteiger partial charge in [-0.25, -0.2) is 4.99 Å². The summed E-state index contributed by atoms with van der Waals surface area (Å²) in [6.07, 6.45) is 2.20. The lowest BCUT2D eigenvalue weighted by Gasteiger charge is -2.15. The molecule has 0 radical (unpaired) electrons. The zero-order valence-corrected chi connectivity index (χ0v) is 14.6. The number of aryl methyl sites for hydroxylation is 1. The number of thioether (sulfide) groups is 1. The molecule has 1 aliphatic heterocycles. The van der Waals surface area contributed by atoms with Gasteiger partial charge in [-0.2, -0.15) is 5.10 Å². The van der Waals surface area contributed by atoms with Gasteiger partial charge in [-0.15, -0.1) is 0 Å². The van der Waals surface area contributed by atoms with E-state index in [1.807, 2.05) is 0 Å². The third-order valence-electron chi connectivity index (χ3n) is 3.76. The number of nitrogens with zero attached hydrogens (tertiary/aromatic N) is 3. The molecule has 0 bridgehead atoms. The van der Waals surface area contributed by atoms with Crippen LogP contribution in [0.15, 0.2) is 58.6 Å². The summed E-state index contributed by atoms with van der Waals surface area (Å²) in [5.74, 6) is 0.666. The van der Waals surface area contributed by atoms with Crippen LogP contribution in [-0.4, -0.2) is 21.6 Å². The third kappa shape index (κ3) is 4.24. The van der Waals surface area contributed by atoms with E-state index in [1.165, 1.54) is 23.4 Å². The molecule has 0 spiro atoms. The average molecular weight is 354 g/mol. The summed E-state index contributed by atoms with van der Waals surface area (Å²) in [6, 6.07) is 14.8. The topological polar surface area (TPSA) is 79.9 Å². The van der Waals surface area contributed by atoms with Crippen LogP contribution in [0.4, 0.5) is 11.4 Å². The van der Waals surface area contributed by atoms with Crippen molar-refractivity contribution in [3.05, 3.63) is 69.8 Å². The van der Waals surface area contributed by atoms with Crippen molar-refractivity contribution < 1.29 is 4.92 Å². The van der Waals surface area contributed by atoms with E-state index in [4.69, 9.17) is 0 Å². The number of nitro groups is 1. The Kier molecular flexibility index (Phi) is 5.45. The van der Waals surface area contributed by atoms with Gasteiger partial charge in [0.2, 0.25) is 0 Å². The van der Waals surface area contributed by atoms with Crippen LogP contribution in [0.5, 0.6) is 0 Å². The Bertz CT molecular complexity index is 831. The van der Waals surface area contributed by atoms with Gasteiger partial charge in [0.05, 0.1) is 10.6 Å². The molecule has 1 N–H and O–H groups in total. The molecule has 7 heteroatoms. The van der Waals surface area contributed by atoms with Gasteiger partial charge in [0.15, 0.2) is 5.17 Å². The highest BCUT2D eigenvalue weighted by Gasteiger charge is 2.16. The Morgan fingerprint density at radius 1 is 1.24 bits per heavy atom. The van der Waals surface area contributed by atoms with E-state index in [2.05, 4.69) is 46.7 Å². The maximum Gasteiger partial charge on any atom is 0.294 e. The highest BCUT2D eigenvalue weighted by Crippen LogP contribution is 2.28. The molecule has 1 aliphatic rings. The van der Waals surface area contributed by atoms with E-state index >= 15 is 0 Å². The van der Waals surface area contributed by atoms with Crippen LogP contribution < -0.4 is 5.43 Å². The number of hydrogen-bond acceptors (Lipinski definition) is 5. The summed E-state index contributed by atoms with van der Waals surface area (Å²) < 4.78 is 0. The fraction of sp³-hybridized carbons (Fsp3) is 0.222. The maximum atomic E-state index is 11.1. The van der Waals surface area contributed by atoms with Gasteiger partial charge in [-0.1, -0.05) is 61.5 Å². The molecule has 2 aromatic carbocycles. The monoisotopic (exact) mass is 354 g/mol. The first-order valence-electron chi connectivity index (χ1n) is 8.04. The van der Waals surface area contributed by atoms with Crippen LogP contribution in [0, 0.1) is 10.1 Å². The van der Waals surface area contributed by atoms with Gasteiger partial charge < -0.3 is 0 Å². The molecule has 0 amide bonds. The van der Waals surface area contributed by atoms with E-state index in [0.29, 0.717) is 16.6 Å². The zero-order chi connectivity index (χ0) is 17.6. The van der Waals surface area contributed by atoms with Crippen molar-refractivity contribution in [2.24, 2.45) is 10.1 Å². The second-order valence-electron chi connectivity index (χ2n) is 5.57. The Hall–Kier alpha value is -2.67. The summed E-state index contributed by atoms with van der Waals surface area (Å²) in [4.78, 5) is 15.0. The lowest BCUT2D eigenvalue weighted by molar-refractivity contribution is -0.384. The molecular weight excluding hydrogens is 336 g/mol. The zero-order valence-electron chi connectivity index (χ0n) is 13.8. The van der Waals surface area contributed by atoms with Crippen LogP contribution in [0.2, 0.25) is 0 Å². The number of para-hydroxylation sites is 2. The summed E-state index contributed by atoms with van der Waals surface area (Å²) in [5, 5.41) is 16.0. The Balaban J connectivity index is 1.75. The molecule has 0 fully saturated rings. The third-order valence-corrected chi connectivity index (χ3v) is 4.63. The number of nitrogens with one attached hydrogen (secondary N) is 1. The van der Waals surface area contributed by atoms with Crippen LogP contribution in [-0.2, 0) is 6.42 Å². The molecule has 0 unspecified atom stereocenters. The van der Waals surface area contributed by atoms with E-state index < -0.39 is 4.92 Å². The first kappa shape index (κ1) is 17.2. The van der Waals surface area contributed by atoms with Crippen molar-refractivity contribution in [3.8, 4) is 0 Å². The second-order valence-corrected chi connectivity index (χ2v) is 6.53. The van der Waals surface area contributed by atoms with Gasteiger partial charge in [0.1, 0.15) is 5.69 Å². The molecule has 0 aromatic heterocycles. The minimum absolute atomic E-state index is 0.0151. The lowest BCUT2D eigenvalue weighted by atomic mass is 10.1. The molecule has 128 valence electrons. The standard InChI is InChI=1S/C18H18N4O2S/c1-2-5-13-8-10-14(11-9-13)16-12-25-18(21-20-16)19-15-6-3-4-7-17(15)22(23)24/h3-4,6-11H,2,5,12H2,1H3,(H,19,21). The van der Waals surface area contributed by atoms with Crippen LogP contribution >= 0.6 is 11.8 Å². The smallest absolute Gasteiger partial charge is 0.258 e. The Morgan fingerprint density at radius 3 is 2.64 bits per heavy atom. The highest BCUT2D eigenvalue weighted by atomic mass is 32.2.